The minimum absolute atomic E-state index is 0.0159. The molecule has 18 heavy (non-hydrogen) atoms. The van der Waals surface area contributed by atoms with Crippen LogP contribution in [-0.2, 0) is 4.79 Å². The Labute approximate surface area is 109 Å². The van der Waals surface area contributed by atoms with Crippen molar-refractivity contribution >= 4 is 5.91 Å². The van der Waals surface area contributed by atoms with Crippen LogP contribution in [0.25, 0.3) is 0 Å². The highest BCUT2D eigenvalue weighted by molar-refractivity contribution is 5.75. The molecule has 1 amide bonds. The van der Waals surface area contributed by atoms with Crippen molar-refractivity contribution in [3.8, 4) is 5.75 Å². The average molecular weight is 247 g/mol. The third-order valence-corrected chi connectivity index (χ3v) is 2.81. The van der Waals surface area contributed by atoms with Crippen LogP contribution in [0.3, 0.4) is 0 Å². The number of ether oxygens (including phenoxy) is 1. The summed E-state index contributed by atoms with van der Waals surface area (Å²) < 4.78 is 5.61. The molecule has 0 aliphatic carbocycles. The van der Waals surface area contributed by atoms with Crippen LogP contribution in [0.15, 0.2) is 30.9 Å². The lowest BCUT2D eigenvalue weighted by molar-refractivity contribution is -0.121. The lowest BCUT2D eigenvalue weighted by Gasteiger charge is -2.10. The van der Waals surface area contributed by atoms with Crippen molar-refractivity contribution in [1.82, 2.24) is 5.32 Å². The summed E-state index contributed by atoms with van der Waals surface area (Å²) >= 11 is 0. The van der Waals surface area contributed by atoms with Crippen molar-refractivity contribution in [2.75, 3.05) is 13.2 Å². The summed E-state index contributed by atoms with van der Waals surface area (Å²) in [5, 5.41) is 2.81. The van der Waals surface area contributed by atoms with Gasteiger partial charge in [0, 0.05) is 6.54 Å². The van der Waals surface area contributed by atoms with Crippen LogP contribution in [-0.4, -0.2) is 19.1 Å². The van der Waals surface area contributed by atoms with Crippen molar-refractivity contribution in [3.63, 3.8) is 0 Å². The summed E-state index contributed by atoms with van der Waals surface area (Å²) in [7, 11) is 0. The maximum atomic E-state index is 11.4. The van der Waals surface area contributed by atoms with E-state index in [2.05, 4.69) is 11.9 Å². The maximum Gasteiger partial charge on any atom is 0.223 e. The van der Waals surface area contributed by atoms with E-state index in [4.69, 9.17) is 4.74 Å². The zero-order valence-corrected chi connectivity index (χ0v) is 11.2. The van der Waals surface area contributed by atoms with E-state index in [1.807, 2.05) is 32.0 Å². The number of hydrogen-bond donors (Lipinski definition) is 1. The predicted molar refractivity (Wildman–Crippen MR) is 73.9 cm³/mol. The van der Waals surface area contributed by atoms with Gasteiger partial charge in [-0.2, -0.15) is 0 Å². The molecule has 1 aromatic rings. The van der Waals surface area contributed by atoms with Crippen LogP contribution < -0.4 is 10.1 Å². The normalized spacial score (nSPS) is 9.89. The van der Waals surface area contributed by atoms with Crippen molar-refractivity contribution in [1.29, 1.82) is 0 Å². The zero-order chi connectivity index (χ0) is 13.4. The molecule has 1 rings (SSSR count). The molecule has 0 unspecified atom stereocenters. The standard InChI is InChI=1S/C15H21NO2/c1-4-5-10-16-15(17)9-11-18-14-8-6-7-12(2)13(14)3/h4,6-8H,1,5,9-11H2,2-3H3,(H,16,17). The third-order valence-electron chi connectivity index (χ3n) is 2.81. The highest BCUT2D eigenvalue weighted by Crippen LogP contribution is 2.20. The largest absolute Gasteiger partial charge is 0.493 e. The van der Waals surface area contributed by atoms with E-state index in [0.29, 0.717) is 19.6 Å². The Morgan fingerprint density at radius 2 is 2.22 bits per heavy atom. The number of nitrogens with one attached hydrogen (secondary N) is 1. The van der Waals surface area contributed by atoms with Gasteiger partial charge in [-0.25, -0.2) is 0 Å². The average Bonchev–Trinajstić information content (AvgIpc) is 2.35. The Balaban J connectivity index is 2.31. The van der Waals surface area contributed by atoms with E-state index in [1.54, 1.807) is 6.08 Å². The number of benzene rings is 1. The summed E-state index contributed by atoms with van der Waals surface area (Å²) in [6.45, 7) is 8.72. The first-order valence-electron chi connectivity index (χ1n) is 6.21. The molecule has 0 heterocycles. The van der Waals surface area contributed by atoms with Gasteiger partial charge in [0.05, 0.1) is 13.0 Å². The maximum absolute atomic E-state index is 11.4. The fourth-order valence-electron chi connectivity index (χ4n) is 1.54. The van der Waals surface area contributed by atoms with Crippen LogP contribution in [0.2, 0.25) is 0 Å². The number of carbonyl (C=O) groups is 1. The van der Waals surface area contributed by atoms with E-state index < -0.39 is 0 Å². The van der Waals surface area contributed by atoms with E-state index >= 15 is 0 Å². The van der Waals surface area contributed by atoms with Gasteiger partial charge in [0.2, 0.25) is 5.91 Å². The highest BCUT2D eigenvalue weighted by Gasteiger charge is 2.04. The van der Waals surface area contributed by atoms with Gasteiger partial charge in [-0.1, -0.05) is 18.2 Å². The topological polar surface area (TPSA) is 38.3 Å². The SMILES string of the molecule is C=CCCNC(=O)CCOc1cccc(C)c1C. The van der Waals surface area contributed by atoms with Gasteiger partial charge in [-0.15, -0.1) is 6.58 Å². The second-order valence-electron chi connectivity index (χ2n) is 4.22. The molecule has 0 radical (unpaired) electrons. The van der Waals surface area contributed by atoms with Gasteiger partial charge in [0.25, 0.3) is 0 Å². The number of hydrogen-bond acceptors (Lipinski definition) is 2. The molecule has 0 saturated carbocycles. The summed E-state index contributed by atoms with van der Waals surface area (Å²) in [6, 6.07) is 5.93. The molecule has 98 valence electrons. The van der Waals surface area contributed by atoms with Gasteiger partial charge in [0.15, 0.2) is 0 Å². The molecule has 0 spiro atoms. The van der Waals surface area contributed by atoms with Crippen molar-refractivity contribution in [2.24, 2.45) is 0 Å². The smallest absolute Gasteiger partial charge is 0.223 e. The van der Waals surface area contributed by atoms with Crippen LogP contribution in [0.4, 0.5) is 0 Å². The molecule has 1 N–H and O–H groups in total. The van der Waals surface area contributed by atoms with E-state index in [0.717, 1.165) is 17.7 Å². The molecule has 1 aromatic carbocycles. The molecule has 3 nitrogen and oxygen atoms in total. The second kappa shape index (κ2) is 7.54. The number of aryl methyl sites for hydroxylation is 1. The van der Waals surface area contributed by atoms with Crippen LogP contribution >= 0.6 is 0 Å². The molecular weight excluding hydrogens is 226 g/mol. The predicted octanol–water partition coefficient (Wildman–Crippen LogP) is 2.76. The van der Waals surface area contributed by atoms with Crippen LogP contribution in [0.1, 0.15) is 24.0 Å². The molecule has 0 bridgehead atoms. The van der Waals surface area contributed by atoms with Gasteiger partial charge in [-0.05, 0) is 37.5 Å². The molecular formula is C15H21NO2. The van der Waals surface area contributed by atoms with E-state index in [1.165, 1.54) is 5.56 Å². The first-order valence-corrected chi connectivity index (χ1v) is 6.21. The van der Waals surface area contributed by atoms with Gasteiger partial charge >= 0.3 is 0 Å². The van der Waals surface area contributed by atoms with E-state index in [-0.39, 0.29) is 5.91 Å². The summed E-state index contributed by atoms with van der Waals surface area (Å²) in [5.41, 5.74) is 2.33. The van der Waals surface area contributed by atoms with Gasteiger partial charge < -0.3 is 10.1 Å². The molecule has 0 aliphatic rings. The Morgan fingerprint density at radius 3 is 2.94 bits per heavy atom. The second-order valence-corrected chi connectivity index (χ2v) is 4.22. The first-order chi connectivity index (χ1) is 8.65. The summed E-state index contributed by atoms with van der Waals surface area (Å²) in [6.07, 6.45) is 2.96. The summed E-state index contributed by atoms with van der Waals surface area (Å²) in [4.78, 5) is 11.4. The number of amides is 1. The molecule has 0 aliphatic heterocycles. The fourth-order valence-corrected chi connectivity index (χ4v) is 1.54. The Morgan fingerprint density at radius 1 is 1.44 bits per heavy atom. The Bertz CT molecular complexity index is 413. The number of carbonyl (C=O) groups excluding carboxylic acids is 1. The highest BCUT2D eigenvalue weighted by atomic mass is 16.5. The minimum Gasteiger partial charge on any atom is -0.493 e. The first kappa shape index (κ1) is 14.3. The molecule has 0 fully saturated rings. The molecule has 0 atom stereocenters. The molecule has 3 heteroatoms. The fraction of sp³-hybridized carbons (Fsp3) is 0.400. The van der Waals surface area contributed by atoms with Crippen LogP contribution in [0.5, 0.6) is 5.75 Å². The Kier molecular flexibility index (Phi) is 5.98. The monoisotopic (exact) mass is 247 g/mol. The minimum atomic E-state index is 0.0159. The van der Waals surface area contributed by atoms with Gasteiger partial charge in [-0.3, -0.25) is 4.79 Å². The van der Waals surface area contributed by atoms with Crippen molar-refractivity contribution < 1.29 is 9.53 Å². The lowest BCUT2D eigenvalue weighted by atomic mass is 10.1. The summed E-state index contributed by atoms with van der Waals surface area (Å²) in [5.74, 6) is 0.871. The van der Waals surface area contributed by atoms with Crippen molar-refractivity contribution in [3.05, 3.63) is 42.0 Å². The molecule has 0 aromatic heterocycles. The van der Waals surface area contributed by atoms with E-state index in [9.17, 15) is 4.79 Å². The quantitative estimate of drug-likeness (QED) is 0.594. The van der Waals surface area contributed by atoms with Crippen molar-refractivity contribution in [2.45, 2.75) is 26.7 Å². The zero-order valence-electron chi connectivity index (χ0n) is 11.2. The molecule has 0 saturated heterocycles. The lowest BCUT2D eigenvalue weighted by Crippen LogP contribution is -2.25. The Hall–Kier alpha value is -1.77. The third kappa shape index (κ3) is 4.62. The van der Waals surface area contributed by atoms with Crippen LogP contribution in [0, 0.1) is 13.8 Å². The van der Waals surface area contributed by atoms with Gasteiger partial charge in [0.1, 0.15) is 5.75 Å². The number of rotatable bonds is 7.